The normalized spacial score (nSPS) is 30.7. The Bertz CT molecular complexity index is 992. The van der Waals surface area contributed by atoms with Gasteiger partial charge in [-0.3, -0.25) is 24.0 Å². The third kappa shape index (κ3) is 4.19. The second kappa shape index (κ2) is 8.62. The highest BCUT2D eigenvalue weighted by atomic mass is 19.4. The Kier molecular flexibility index (Phi) is 6.64. The molecule has 3 aliphatic rings. The predicted molar refractivity (Wildman–Crippen MR) is 120 cm³/mol. The third-order valence-electron chi connectivity index (χ3n) is 8.43. The molecule has 6 atom stereocenters. The Morgan fingerprint density at radius 3 is 2.17 bits per heavy atom. The molecule has 0 aromatic carbocycles. The van der Waals surface area contributed by atoms with Crippen LogP contribution in [0.5, 0.6) is 0 Å². The molecular formula is C23H34F3N5O5. The zero-order valence-electron chi connectivity index (χ0n) is 21.0. The number of likely N-dealkylation sites (tertiary alicyclic amines) is 1. The van der Waals surface area contributed by atoms with E-state index in [1.165, 1.54) is 20.8 Å². The van der Waals surface area contributed by atoms with Crippen LogP contribution in [0.15, 0.2) is 0 Å². The van der Waals surface area contributed by atoms with Crippen molar-refractivity contribution in [1.82, 2.24) is 15.5 Å². The van der Waals surface area contributed by atoms with Crippen LogP contribution in [0.4, 0.5) is 13.2 Å². The van der Waals surface area contributed by atoms with E-state index in [-0.39, 0.29) is 18.9 Å². The maximum Gasteiger partial charge on any atom is 0.471 e. The van der Waals surface area contributed by atoms with Crippen molar-refractivity contribution in [1.29, 1.82) is 0 Å². The molecule has 0 aromatic rings. The summed E-state index contributed by atoms with van der Waals surface area (Å²) in [6.45, 7) is 8.44. The molecule has 3 rings (SSSR count). The van der Waals surface area contributed by atoms with Gasteiger partial charge in [0.1, 0.15) is 12.1 Å². The Morgan fingerprint density at radius 2 is 1.75 bits per heavy atom. The first-order chi connectivity index (χ1) is 16.3. The average molecular weight is 518 g/mol. The van der Waals surface area contributed by atoms with Gasteiger partial charge < -0.3 is 27.0 Å². The van der Waals surface area contributed by atoms with E-state index in [0.29, 0.717) is 13.0 Å². The minimum absolute atomic E-state index is 0.0560. The van der Waals surface area contributed by atoms with Crippen LogP contribution in [0.25, 0.3) is 0 Å². The maximum absolute atomic E-state index is 13.6. The summed E-state index contributed by atoms with van der Waals surface area (Å²) in [6.07, 6.45) is -4.69. The van der Waals surface area contributed by atoms with Crippen LogP contribution >= 0.6 is 0 Å². The Balaban J connectivity index is 2.02. The van der Waals surface area contributed by atoms with Crippen LogP contribution in [0.2, 0.25) is 0 Å². The van der Waals surface area contributed by atoms with Gasteiger partial charge in [0.2, 0.25) is 23.6 Å². The maximum atomic E-state index is 13.6. The lowest BCUT2D eigenvalue weighted by atomic mass is 9.71. The molecule has 0 aromatic heterocycles. The fourth-order valence-corrected chi connectivity index (χ4v) is 6.64. The van der Waals surface area contributed by atoms with Crippen LogP contribution in [0.1, 0.15) is 47.5 Å². The van der Waals surface area contributed by atoms with Gasteiger partial charge in [-0.15, -0.1) is 0 Å². The molecule has 13 heteroatoms. The molecular weight excluding hydrogens is 483 g/mol. The van der Waals surface area contributed by atoms with Crippen molar-refractivity contribution < 1.29 is 37.1 Å². The van der Waals surface area contributed by atoms with E-state index in [9.17, 15) is 37.1 Å². The first-order valence-corrected chi connectivity index (χ1v) is 11.8. The van der Waals surface area contributed by atoms with Gasteiger partial charge in [-0.1, -0.05) is 34.6 Å². The molecule has 202 valence electrons. The lowest BCUT2D eigenvalue weighted by molar-refractivity contribution is -0.176. The summed E-state index contributed by atoms with van der Waals surface area (Å²) in [4.78, 5) is 64.3. The van der Waals surface area contributed by atoms with Gasteiger partial charge in [0.15, 0.2) is 0 Å². The van der Waals surface area contributed by atoms with Gasteiger partial charge in [0, 0.05) is 30.3 Å². The lowest BCUT2D eigenvalue weighted by Crippen LogP contribution is -2.62. The van der Waals surface area contributed by atoms with Crippen molar-refractivity contribution in [2.24, 2.45) is 45.5 Å². The Labute approximate surface area is 207 Å². The predicted octanol–water partition coefficient (Wildman–Crippen LogP) is 0.0458. The molecule has 10 nitrogen and oxygen atoms in total. The molecule has 36 heavy (non-hydrogen) atoms. The Morgan fingerprint density at radius 1 is 1.17 bits per heavy atom. The van der Waals surface area contributed by atoms with E-state index >= 15 is 0 Å². The molecule has 3 fully saturated rings. The third-order valence-corrected chi connectivity index (χ3v) is 8.43. The number of carbonyl (C=O) groups is 5. The van der Waals surface area contributed by atoms with Crippen molar-refractivity contribution in [3.8, 4) is 0 Å². The standard InChI is InChI=1S/C23H34F3N5O5/c1-20(2,3)13(30-19(36)23(24,25)26)18(35)31-9-12-21(4,5)22(12,14(31)16(28)33)11(15(27)32)8-10-6-7-29-17(10)34/h10-14H,6-9H2,1-5H3,(H2,27,32)(H2,28,33)(H,29,34)(H,30,36)/t10-,11-,12?,13-,14?,22?/m1/s1. The summed E-state index contributed by atoms with van der Waals surface area (Å²) < 4.78 is 39.0. The number of rotatable bonds is 7. The number of hydrogen-bond donors (Lipinski definition) is 4. The zero-order chi connectivity index (χ0) is 27.6. The smallest absolute Gasteiger partial charge is 0.369 e. The molecule has 2 heterocycles. The van der Waals surface area contributed by atoms with Crippen LogP contribution in [-0.2, 0) is 24.0 Å². The van der Waals surface area contributed by atoms with Gasteiger partial charge in [-0.25, -0.2) is 0 Å². The molecule has 0 radical (unpaired) electrons. The summed E-state index contributed by atoms with van der Waals surface area (Å²) in [5, 5.41) is 4.46. The van der Waals surface area contributed by atoms with Gasteiger partial charge in [-0.05, 0) is 29.6 Å². The second-order valence-corrected chi connectivity index (χ2v) is 11.7. The number of fused-ring (bicyclic) bond motifs is 1. The number of piperidine rings is 1. The van der Waals surface area contributed by atoms with E-state index < -0.39 is 75.9 Å². The van der Waals surface area contributed by atoms with Crippen molar-refractivity contribution in [3.63, 3.8) is 0 Å². The summed E-state index contributed by atoms with van der Waals surface area (Å²) in [7, 11) is 0. The zero-order valence-corrected chi connectivity index (χ0v) is 21.0. The van der Waals surface area contributed by atoms with Crippen LogP contribution in [0, 0.1) is 34.0 Å². The number of hydrogen-bond acceptors (Lipinski definition) is 5. The van der Waals surface area contributed by atoms with E-state index in [0.717, 1.165) is 4.90 Å². The number of primary amides is 2. The highest BCUT2D eigenvalue weighted by molar-refractivity contribution is 5.96. The average Bonchev–Trinajstić information content (AvgIpc) is 3.08. The second-order valence-electron chi connectivity index (χ2n) is 11.7. The first kappa shape index (κ1) is 27.7. The molecule has 2 saturated heterocycles. The number of amides is 5. The van der Waals surface area contributed by atoms with Crippen LogP contribution < -0.4 is 22.1 Å². The number of nitrogens with one attached hydrogen (secondary N) is 2. The fraction of sp³-hybridized carbons (Fsp3) is 0.783. The fourth-order valence-electron chi connectivity index (χ4n) is 6.64. The summed E-state index contributed by atoms with van der Waals surface area (Å²) in [6, 6.07) is -2.99. The minimum atomic E-state index is -5.22. The van der Waals surface area contributed by atoms with Gasteiger partial charge in [-0.2, -0.15) is 13.2 Å². The van der Waals surface area contributed by atoms with Crippen LogP contribution in [0.3, 0.4) is 0 Å². The minimum Gasteiger partial charge on any atom is -0.369 e. The van der Waals surface area contributed by atoms with Crippen molar-refractivity contribution in [3.05, 3.63) is 0 Å². The SMILES string of the molecule is CC(C)(C)[C@H](NC(=O)C(F)(F)F)C(=O)N1CC2C(C)(C)C2([C@H](C[C@H]2CCNC2=O)C(N)=O)C1C(N)=O. The Hall–Kier alpha value is -2.86. The highest BCUT2D eigenvalue weighted by Crippen LogP contribution is 2.78. The van der Waals surface area contributed by atoms with E-state index in [4.69, 9.17) is 11.5 Å². The van der Waals surface area contributed by atoms with Gasteiger partial charge in [0.25, 0.3) is 0 Å². The monoisotopic (exact) mass is 517 g/mol. The number of carbonyl (C=O) groups excluding carboxylic acids is 5. The highest BCUT2D eigenvalue weighted by Gasteiger charge is 2.83. The number of alkyl halides is 3. The molecule has 3 unspecified atom stereocenters. The number of halogens is 3. The molecule has 0 bridgehead atoms. The molecule has 5 amide bonds. The largest absolute Gasteiger partial charge is 0.471 e. The van der Waals surface area contributed by atoms with Crippen LogP contribution in [-0.4, -0.2) is 65.8 Å². The first-order valence-electron chi connectivity index (χ1n) is 11.8. The lowest BCUT2D eigenvalue weighted by Gasteiger charge is -2.41. The summed E-state index contributed by atoms with van der Waals surface area (Å²) in [5.41, 5.74) is 8.54. The van der Waals surface area contributed by atoms with E-state index in [1.54, 1.807) is 5.32 Å². The van der Waals surface area contributed by atoms with Gasteiger partial charge in [0.05, 0.1) is 0 Å². The van der Waals surface area contributed by atoms with Crippen molar-refractivity contribution in [2.75, 3.05) is 13.1 Å². The van der Waals surface area contributed by atoms with E-state index in [2.05, 4.69) is 5.32 Å². The summed E-state index contributed by atoms with van der Waals surface area (Å²) in [5.74, 6) is -7.04. The topological polar surface area (TPSA) is 165 Å². The molecule has 0 spiro atoms. The van der Waals surface area contributed by atoms with Crippen molar-refractivity contribution in [2.45, 2.75) is 65.7 Å². The van der Waals surface area contributed by atoms with Gasteiger partial charge >= 0.3 is 12.1 Å². The quantitative estimate of drug-likeness (QED) is 0.374. The molecule has 2 aliphatic heterocycles. The molecule has 1 saturated carbocycles. The number of nitrogens with two attached hydrogens (primary N) is 2. The number of nitrogens with zero attached hydrogens (tertiary/aromatic N) is 1. The molecule has 6 N–H and O–H groups in total. The summed E-state index contributed by atoms with van der Waals surface area (Å²) >= 11 is 0. The van der Waals surface area contributed by atoms with E-state index in [1.807, 2.05) is 13.8 Å². The molecule has 1 aliphatic carbocycles. The van der Waals surface area contributed by atoms with Crippen molar-refractivity contribution >= 4 is 29.5 Å².